The number of nitroso groups, excluding NO2 is 1. The smallest absolute Gasteiger partial charge is 0.263 e. The summed E-state index contributed by atoms with van der Waals surface area (Å²) in [5, 5.41) is 2.07. The molecule has 1 aromatic rings. The maximum absolute atomic E-state index is 12.4. The molecule has 7 heteroatoms. The van der Waals surface area contributed by atoms with Crippen molar-refractivity contribution in [1.82, 2.24) is 4.98 Å². The van der Waals surface area contributed by atoms with Crippen LogP contribution in [0.3, 0.4) is 0 Å². The molecule has 0 saturated carbocycles. The van der Waals surface area contributed by atoms with E-state index >= 15 is 0 Å². The maximum Gasteiger partial charge on any atom is 0.433 e. The van der Waals surface area contributed by atoms with E-state index in [1.807, 2.05) is 0 Å². The van der Waals surface area contributed by atoms with Gasteiger partial charge in [0.1, 0.15) is 5.69 Å². The molecule has 1 amide bonds. The molecule has 0 radical (unpaired) electrons. The lowest BCUT2D eigenvalue weighted by atomic mass is 10.1. The zero-order valence-corrected chi connectivity index (χ0v) is 8.21. The number of halogens is 3. The fraction of sp³-hybridized carbons (Fsp3) is 0.333. The standard InChI is InChI=1S/C9H7F3N2O2/c1-2-6-3-5(8(15)14-16)4-7(13-6)9(10,11)12/h3-4H,2H2,1H3. The summed E-state index contributed by atoms with van der Waals surface area (Å²) in [4.78, 5) is 24.2. The van der Waals surface area contributed by atoms with E-state index in [1.54, 1.807) is 6.92 Å². The molecular formula is C9H7F3N2O2. The Kier molecular flexibility index (Phi) is 3.36. The van der Waals surface area contributed by atoms with Crippen LogP contribution < -0.4 is 0 Å². The van der Waals surface area contributed by atoms with Gasteiger partial charge in [0.15, 0.2) is 0 Å². The number of hydrogen-bond donors (Lipinski definition) is 0. The Hall–Kier alpha value is -1.79. The predicted molar refractivity (Wildman–Crippen MR) is 48.7 cm³/mol. The first kappa shape index (κ1) is 12.3. The molecule has 86 valence electrons. The average molecular weight is 232 g/mol. The van der Waals surface area contributed by atoms with Crippen molar-refractivity contribution in [2.75, 3.05) is 0 Å². The number of carbonyl (C=O) groups is 1. The number of nitrogens with zero attached hydrogens (tertiary/aromatic N) is 2. The molecule has 0 saturated heterocycles. The summed E-state index contributed by atoms with van der Waals surface area (Å²) in [6, 6.07) is 1.64. The molecular weight excluding hydrogens is 225 g/mol. The SMILES string of the molecule is CCc1cc(C(=O)N=O)cc(C(F)(F)F)n1. The minimum absolute atomic E-state index is 0.0850. The van der Waals surface area contributed by atoms with Crippen LogP contribution in [-0.2, 0) is 12.6 Å². The van der Waals surface area contributed by atoms with Gasteiger partial charge >= 0.3 is 12.1 Å². The van der Waals surface area contributed by atoms with E-state index in [2.05, 4.69) is 10.2 Å². The van der Waals surface area contributed by atoms with Crippen molar-refractivity contribution in [3.8, 4) is 0 Å². The highest BCUT2D eigenvalue weighted by atomic mass is 19.4. The van der Waals surface area contributed by atoms with Crippen LogP contribution in [0.1, 0.15) is 28.7 Å². The van der Waals surface area contributed by atoms with Gasteiger partial charge in [0.2, 0.25) is 0 Å². The van der Waals surface area contributed by atoms with Crippen molar-refractivity contribution in [3.63, 3.8) is 0 Å². The molecule has 0 fully saturated rings. The Morgan fingerprint density at radius 1 is 1.44 bits per heavy atom. The summed E-state index contributed by atoms with van der Waals surface area (Å²) < 4.78 is 37.1. The fourth-order valence-electron chi connectivity index (χ4n) is 1.09. The topological polar surface area (TPSA) is 59.4 Å². The van der Waals surface area contributed by atoms with Gasteiger partial charge in [-0.2, -0.15) is 13.2 Å². The van der Waals surface area contributed by atoms with E-state index in [4.69, 9.17) is 0 Å². The first-order valence-corrected chi connectivity index (χ1v) is 4.34. The van der Waals surface area contributed by atoms with E-state index in [0.717, 1.165) is 6.07 Å². The molecule has 0 atom stereocenters. The Bertz CT molecular complexity index is 429. The number of alkyl halides is 3. The monoisotopic (exact) mass is 232 g/mol. The number of pyridine rings is 1. The lowest BCUT2D eigenvalue weighted by Crippen LogP contribution is -2.11. The molecule has 0 bridgehead atoms. The second-order valence-electron chi connectivity index (χ2n) is 2.98. The molecule has 0 aliphatic carbocycles. The van der Waals surface area contributed by atoms with Crippen LogP contribution >= 0.6 is 0 Å². The molecule has 1 rings (SSSR count). The van der Waals surface area contributed by atoms with Gasteiger partial charge in [-0.25, -0.2) is 4.98 Å². The van der Waals surface area contributed by atoms with Gasteiger partial charge in [-0.15, -0.1) is 4.91 Å². The predicted octanol–water partition coefficient (Wildman–Crippen LogP) is 2.57. The van der Waals surface area contributed by atoms with Gasteiger partial charge in [0, 0.05) is 16.4 Å². The summed E-state index contributed by atoms with van der Waals surface area (Å²) >= 11 is 0. The lowest BCUT2D eigenvalue weighted by Gasteiger charge is -2.08. The van der Waals surface area contributed by atoms with E-state index < -0.39 is 23.3 Å². The number of aryl methyl sites for hydroxylation is 1. The van der Waals surface area contributed by atoms with Crippen LogP contribution in [0.25, 0.3) is 0 Å². The highest BCUT2D eigenvalue weighted by molar-refractivity contribution is 5.94. The first-order valence-electron chi connectivity index (χ1n) is 4.34. The number of hydrogen-bond acceptors (Lipinski definition) is 3. The maximum atomic E-state index is 12.4. The van der Waals surface area contributed by atoms with E-state index in [9.17, 15) is 22.9 Å². The number of carbonyl (C=O) groups excluding carboxylic acids is 1. The second kappa shape index (κ2) is 4.38. The molecule has 0 spiro atoms. The van der Waals surface area contributed by atoms with Crippen LogP contribution in [0.15, 0.2) is 17.3 Å². The normalized spacial score (nSPS) is 11.2. The Morgan fingerprint density at radius 3 is 2.50 bits per heavy atom. The zero-order chi connectivity index (χ0) is 12.3. The van der Waals surface area contributed by atoms with E-state index in [0.29, 0.717) is 6.07 Å². The third kappa shape index (κ3) is 2.62. The minimum Gasteiger partial charge on any atom is -0.263 e. The molecule has 0 aromatic carbocycles. The van der Waals surface area contributed by atoms with Gasteiger partial charge in [0.05, 0.1) is 0 Å². The lowest BCUT2D eigenvalue weighted by molar-refractivity contribution is -0.141. The average Bonchev–Trinajstić information content (AvgIpc) is 2.26. The van der Waals surface area contributed by atoms with Crippen molar-refractivity contribution in [2.24, 2.45) is 5.18 Å². The van der Waals surface area contributed by atoms with Gasteiger partial charge in [-0.05, 0) is 18.6 Å². The Labute approximate surface area is 88.5 Å². The van der Waals surface area contributed by atoms with E-state index in [-0.39, 0.29) is 12.1 Å². The van der Waals surface area contributed by atoms with Gasteiger partial charge in [-0.1, -0.05) is 6.92 Å². The molecule has 16 heavy (non-hydrogen) atoms. The molecule has 0 N–H and O–H groups in total. The molecule has 4 nitrogen and oxygen atoms in total. The van der Waals surface area contributed by atoms with Crippen LogP contribution in [0.4, 0.5) is 13.2 Å². The molecule has 0 aliphatic heterocycles. The summed E-state index contributed by atoms with van der Waals surface area (Å²) in [5.41, 5.74) is -1.50. The Morgan fingerprint density at radius 2 is 2.06 bits per heavy atom. The van der Waals surface area contributed by atoms with Gasteiger partial charge in [0.25, 0.3) is 0 Å². The minimum atomic E-state index is -4.65. The van der Waals surface area contributed by atoms with Crippen molar-refractivity contribution in [3.05, 3.63) is 34.0 Å². The fourth-order valence-corrected chi connectivity index (χ4v) is 1.09. The molecule has 0 unspecified atom stereocenters. The van der Waals surface area contributed by atoms with Crippen LogP contribution in [0.5, 0.6) is 0 Å². The van der Waals surface area contributed by atoms with Gasteiger partial charge in [-0.3, -0.25) is 4.79 Å². The van der Waals surface area contributed by atoms with Crippen molar-refractivity contribution < 1.29 is 18.0 Å². The van der Waals surface area contributed by atoms with Crippen molar-refractivity contribution in [2.45, 2.75) is 19.5 Å². The van der Waals surface area contributed by atoms with Gasteiger partial charge < -0.3 is 0 Å². The molecule has 1 aromatic heterocycles. The number of rotatable bonds is 2. The number of aromatic nitrogens is 1. The van der Waals surface area contributed by atoms with E-state index in [1.165, 1.54) is 0 Å². The number of amides is 1. The summed E-state index contributed by atoms with van der Waals surface area (Å²) in [5.74, 6) is -1.23. The van der Waals surface area contributed by atoms with Crippen LogP contribution in [0.2, 0.25) is 0 Å². The third-order valence-corrected chi connectivity index (χ3v) is 1.86. The zero-order valence-electron chi connectivity index (χ0n) is 8.21. The first-order chi connectivity index (χ1) is 7.38. The van der Waals surface area contributed by atoms with Crippen molar-refractivity contribution in [1.29, 1.82) is 0 Å². The highest BCUT2D eigenvalue weighted by Gasteiger charge is 2.33. The summed E-state index contributed by atoms with van der Waals surface area (Å²) in [6.45, 7) is 1.59. The van der Waals surface area contributed by atoms with Crippen molar-refractivity contribution >= 4 is 5.91 Å². The highest BCUT2D eigenvalue weighted by Crippen LogP contribution is 2.28. The Balaban J connectivity index is 3.32. The second-order valence-corrected chi connectivity index (χ2v) is 2.98. The quantitative estimate of drug-likeness (QED) is 0.736. The van der Waals surface area contributed by atoms with Crippen LogP contribution in [-0.4, -0.2) is 10.9 Å². The summed E-state index contributed by atoms with van der Waals surface area (Å²) in [6.07, 6.45) is -4.42. The molecule has 0 aliphatic rings. The molecule has 1 heterocycles. The van der Waals surface area contributed by atoms with Crippen LogP contribution in [0, 0.1) is 4.91 Å². The largest absolute Gasteiger partial charge is 0.433 e. The third-order valence-electron chi connectivity index (χ3n) is 1.86. The summed E-state index contributed by atoms with van der Waals surface area (Å²) in [7, 11) is 0.